The maximum atomic E-state index is 11.9. The fourth-order valence-electron chi connectivity index (χ4n) is 6.54. The summed E-state index contributed by atoms with van der Waals surface area (Å²) in [7, 11) is 0. The van der Waals surface area contributed by atoms with Crippen molar-refractivity contribution < 1.29 is 4.79 Å². The predicted molar refractivity (Wildman–Crippen MR) is 104 cm³/mol. The fraction of sp³-hybridized carbons (Fsp3) is 0.500. The second-order valence-corrected chi connectivity index (χ2v) is 9.18. The van der Waals surface area contributed by atoms with Crippen LogP contribution in [0.5, 0.6) is 0 Å². The molecular weight excluding hydrogens is 318 g/mol. The highest BCUT2D eigenvalue weighted by Gasteiger charge is 2.55. The number of pyridine rings is 1. The van der Waals surface area contributed by atoms with Gasteiger partial charge < -0.3 is 0 Å². The van der Waals surface area contributed by atoms with E-state index in [4.69, 9.17) is 0 Å². The zero-order valence-electron chi connectivity index (χ0n) is 15.7. The zero-order chi connectivity index (χ0) is 17.9. The van der Waals surface area contributed by atoms with E-state index in [1.807, 2.05) is 18.5 Å². The highest BCUT2D eigenvalue weighted by atomic mass is 16.1. The Morgan fingerprint density at radius 3 is 2.85 bits per heavy atom. The van der Waals surface area contributed by atoms with Crippen molar-refractivity contribution in [2.45, 2.75) is 46.0 Å². The average molecular weight is 345 g/mol. The van der Waals surface area contributed by atoms with Gasteiger partial charge in [0.2, 0.25) is 0 Å². The summed E-state index contributed by atoms with van der Waals surface area (Å²) >= 11 is 0. The summed E-state index contributed by atoms with van der Waals surface area (Å²) in [5.74, 6) is 2.27. The largest absolute Gasteiger partial charge is 0.295 e. The molecule has 0 aromatic carbocycles. The maximum Gasteiger partial charge on any atom is 0.156 e. The average Bonchev–Trinajstić information content (AvgIpc) is 3.00. The minimum absolute atomic E-state index is 0.186. The molecule has 1 aromatic heterocycles. The molecule has 134 valence electrons. The van der Waals surface area contributed by atoms with Crippen molar-refractivity contribution in [3.8, 4) is 0 Å². The van der Waals surface area contributed by atoms with Crippen LogP contribution >= 0.6 is 0 Å². The van der Waals surface area contributed by atoms with E-state index in [2.05, 4.69) is 49.2 Å². The highest BCUT2D eigenvalue weighted by molar-refractivity contribution is 5.92. The van der Waals surface area contributed by atoms with E-state index >= 15 is 0 Å². The molecule has 0 radical (unpaired) electrons. The first kappa shape index (κ1) is 16.2. The molecule has 1 aromatic rings. The number of hydrogen-bond acceptors (Lipinski definition) is 2. The van der Waals surface area contributed by atoms with E-state index in [-0.39, 0.29) is 10.8 Å². The number of fused-ring (bicyclic) bond motifs is 5. The minimum atomic E-state index is 0.186. The van der Waals surface area contributed by atoms with Crippen molar-refractivity contribution in [1.29, 1.82) is 0 Å². The molecule has 0 spiro atoms. The van der Waals surface area contributed by atoms with E-state index in [1.54, 1.807) is 0 Å². The lowest BCUT2D eigenvalue weighted by Gasteiger charge is -2.55. The quantitative estimate of drug-likeness (QED) is 0.684. The monoisotopic (exact) mass is 345 g/mol. The summed E-state index contributed by atoms with van der Waals surface area (Å²) in [5, 5.41) is 0. The standard InChI is InChI=1S/C24H27NO/c1-23-11-9-18(26)14-17(23)5-6-19-21-8-7-20(16-4-3-13-25-15-16)24(21,2)12-10-22(19)23/h3-7,13-15,19,21-22H,8-12H2,1-2H3/t19-,21-,22-,23-,24+/m0/s1. The van der Waals surface area contributed by atoms with Crippen LogP contribution in [0, 0.1) is 28.6 Å². The van der Waals surface area contributed by atoms with E-state index in [9.17, 15) is 4.79 Å². The van der Waals surface area contributed by atoms with Crippen LogP contribution in [-0.2, 0) is 4.79 Å². The van der Waals surface area contributed by atoms with Crippen molar-refractivity contribution in [1.82, 2.24) is 4.98 Å². The van der Waals surface area contributed by atoms with Crippen molar-refractivity contribution in [2.75, 3.05) is 0 Å². The normalized spacial score (nSPS) is 41.0. The van der Waals surface area contributed by atoms with Crippen molar-refractivity contribution >= 4 is 11.4 Å². The Morgan fingerprint density at radius 2 is 2.04 bits per heavy atom. The van der Waals surface area contributed by atoms with Gasteiger partial charge >= 0.3 is 0 Å². The van der Waals surface area contributed by atoms with Crippen LogP contribution in [-0.4, -0.2) is 10.8 Å². The number of ketones is 1. The molecule has 4 aliphatic carbocycles. The Kier molecular flexibility index (Phi) is 3.44. The van der Waals surface area contributed by atoms with Crippen molar-refractivity contribution in [3.63, 3.8) is 0 Å². The van der Waals surface area contributed by atoms with Gasteiger partial charge in [-0.1, -0.05) is 38.1 Å². The molecular formula is C24H27NO. The lowest BCUT2D eigenvalue weighted by Crippen LogP contribution is -2.48. The van der Waals surface area contributed by atoms with E-state index in [0.717, 1.165) is 12.8 Å². The molecule has 0 aliphatic heterocycles. The predicted octanol–water partition coefficient (Wildman–Crippen LogP) is 5.38. The van der Waals surface area contributed by atoms with Gasteiger partial charge in [0.25, 0.3) is 0 Å². The van der Waals surface area contributed by atoms with Crippen LogP contribution in [0.15, 0.2) is 54.4 Å². The van der Waals surface area contributed by atoms with Gasteiger partial charge in [-0.2, -0.15) is 0 Å². The first-order valence-corrected chi connectivity index (χ1v) is 10.1. The van der Waals surface area contributed by atoms with Crippen LogP contribution in [0.25, 0.3) is 5.57 Å². The van der Waals surface area contributed by atoms with E-state index in [1.165, 1.54) is 36.0 Å². The van der Waals surface area contributed by atoms with Gasteiger partial charge in [-0.05, 0) is 83.1 Å². The Labute approximate surface area is 156 Å². The zero-order valence-corrected chi connectivity index (χ0v) is 15.7. The van der Waals surface area contributed by atoms with Gasteiger partial charge in [-0.25, -0.2) is 0 Å². The second-order valence-electron chi connectivity index (χ2n) is 9.18. The molecule has 4 aliphatic rings. The van der Waals surface area contributed by atoms with Crippen LogP contribution in [0.4, 0.5) is 0 Å². The summed E-state index contributed by atoms with van der Waals surface area (Å²) in [6.45, 7) is 4.89. The van der Waals surface area contributed by atoms with Gasteiger partial charge in [-0.3, -0.25) is 9.78 Å². The summed E-state index contributed by atoms with van der Waals surface area (Å²) in [6.07, 6.45) is 18.4. The molecule has 1 heterocycles. The van der Waals surface area contributed by atoms with Gasteiger partial charge in [0.15, 0.2) is 5.78 Å². The molecule has 2 heteroatoms. The van der Waals surface area contributed by atoms with Gasteiger partial charge in [0.1, 0.15) is 0 Å². The lowest BCUT2D eigenvalue weighted by molar-refractivity contribution is -0.116. The first-order valence-electron chi connectivity index (χ1n) is 10.1. The Balaban J connectivity index is 1.52. The van der Waals surface area contributed by atoms with Crippen molar-refractivity contribution in [2.24, 2.45) is 28.6 Å². The summed E-state index contributed by atoms with van der Waals surface area (Å²) in [6, 6.07) is 4.26. The number of rotatable bonds is 1. The number of nitrogens with zero attached hydrogens (tertiary/aromatic N) is 1. The second kappa shape index (κ2) is 5.52. The fourth-order valence-corrected chi connectivity index (χ4v) is 6.54. The highest BCUT2D eigenvalue weighted by Crippen LogP contribution is 2.65. The number of allylic oxidation sites excluding steroid dienone is 6. The summed E-state index contributed by atoms with van der Waals surface area (Å²) in [5.41, 5.74) is 4.53. The number of aromatic nitrogens is 1. The Morgan fingerprint density at radius 1 is 1.15 bits per heavy atom. The van der Waals surface area contributed by atoms with E-state index < -0.39 is 0 Å². The SMILES string of the molecule is C[C@]12CCC(=O)C=C1C=C[C@@H]1[C@@H]2CC[C@]2(C)C(c3cccnc3)=CC[C@@H]12. The van der Waals surface area contributed by atoms with Gasteiger partial charge in [0, 0.05) is 18.8 Å². The number of carbonyl (C=O) groups is 1. The van der Waals surface area contributed by atoms with Crippen LogP contribution in [0.3, 0.4) is 0 Å². The molecule has 1 saturated carbocycles. The smallest absolute Gasteiger partial charge is 0.156 e. The van der Waals surface area contributed by atoms with Crippen LogP contribution in [0.1, 0.15) is 51.5 Å². The molecule has 0 N–H and O–H groups in total. The van der Waals surface area contributed by atoms with Crippen molar-refractivity contribution in [3.05, 3.63) is 60.0 Å². The molecule has 0 amide bonds. The van der Waals surface area contributed by atoms with Crippen LogP contribution < -0.4 is 0 Å². The molecule has 26 heavy (non-hydrogen) atoms. The molecule has 0 saturated heterocycles. The van der Waals surface area contributed by atoms with Gasteiger partial charge in [-0.15, -0.1) is 0 Å². The third-order valence-corrected chi connectivity index (χ3v) is 8.07. The molecule has 5 rings (SSSR count). The first-order chi connectivity index (χ1) is 12.5. The van der Waals surface area contributed by atoms with Gasteiger partial charge in [0.05, 0.1) is 0 Å². The topological polar surface area (TPSA) is 30.0 Å². The molecule has 1 fully saturated rings. The summed E-state index contributed by atoms with van der Waals surface area (Å²) < 4.78 is 0. The molecule has 2 nitrogen and oxygen atoms in total. The van der Waals surface area contributed by atoms with E-state index in [0.29, 0.717) is 23.5 Å². The third-order valence-electron chi connectivity index (χ3n) is 8.07. The molecule has 0 bridgehead atoms. The third kappa shape index (κ3) is 2.11. The lowest BCUT2D eigenvalue weighted by atomic mass is 9.48. The molecule has 0 unspecified atom stereocenters. The summed E-state index contributed by atoms with van der Waals surface area (Å²) in [4.78, 5) is 16.3. The Hall–Kier alpha value is -1.96. The number of carbonyl (C=O) groups excluding carboxylic acids is 1. The Bertz CT molecular complexity index is 848. The van der Waals surface area contributed by atoms with Crippen LogP contribution in [0.2, 0.25) is 0 Å². The minimum Gasteiger partial charge on any atom is -0.295 e. The number of hydrogen-bond donors (Lipinski definition) is 0. The molecule has 5 atom stereocenters. The maximum absolute atomic E-state index is 11.9.